The highest BCUT2D eigenvalue weighted by Crippen LogP contribution is 2.41. The summed E-state index contributed by atoms with van der Waals surface area (Å²) in [6.45, 7) is 5.45. The number of aromatic nitrogens is 1. The van der Waals surface area contributed by atoms with Crippen molar-refractivity contribution < 1.29 is 37.1 Å². The van der Waals surface area contributed by atoms with Crippen LogP contribution in [-0.4, -0.2) is 94.3 Å². The molecule has 5 amide bonds. The van der Waals surface area contributed by atoms with Gasteiger partial charge >= 0.3 is 0 Å². The summed E-state index contributed by atoms with van der Waals surface area (Å²) in [7, 11) is 0. The molecule has 2 aromatic carbocycles. The van der Waals surface area contributed by atoms with Gasteiger partial charge in [-0.05, 0) is 41.7 Å². The number of imide groups is 1. The summed E-state index contributed by atoms with van der Waals surface area (Å²) < 4.78 is 44.9. The Bertz CT molecular complexity index is 1810. The summed E-state index contributed by atoms with van der Waals surface area (Å²) in [5.41, 5.74) is 7.55. The average molecular weight is 769 g/mol. The van der Waals surface area contributed by atoms with Crippen molar-refractivity contribution in [1.29, 1.82) is 0 Å². The Hall–Kier alpha value is -4.89. The first-order valence-corrected chi connectivity index (χ1v) is 18.8. The third-order valence-electron chi connectivity index (χ3n) is 8.71. The molecule has 1 aliphatic heterocycles. The minimum Gasteiger partial charge on any atom is -0.354 e. The Labute approximate surface area is 317 Å². The van der Waals surface area contributed by atoms with E-state index in [1.807, 2.05) is 55.7 Å². The highest BCUT2D eigenvalue weighted by atomic mass is 32.2. The summed E-state index contributed by atoms with van der Waals surface area (Å²) in [4.78, 5) is 64.4. The second kappa shape index (κ2) is 19.4. The van der Waals surface area contributed by atoms with Gasteiger partial charge in [-0.15, -0.1) is 0 Å². The van der Waals surface area contributed by atoms with E-state index in [1.54, 1.807) is 17.2 Å². The van der Waals surface area contributed by atoms with Crippen LogP contribution < -0.4 is 16.4 Å². The third-order valence-corrected chi connectivity index (χ3v) is 9.65. The van der Waals surface area contributed by atoms with E-state index in [-0.39, 0.29) is 55.6 Å². The van der Waals surface area contributed by atoms with Gasteiger partial charge in [0.15, 0.2) is 0 Å². The van der Waals surface area contributed by atoms with Crippen LogP contribution in [0.4, 0.5) is 13.2 Å². The number of thioether (sulfide) groups is 1. The molecule has 3 aromatic rings. The molecule has 2 heterocycles. The molecule has 0 spiro atoms. The summed E-state index contributed by atoms with van der Waals surface area (Å²) in [5, 5.41) is 5.23. The number of halogens is 3. The normalized spacial score (nSPS) is 13.9. The first kappa shape index (κ1) is 41.9. The highest BCUT2D eigenvalue weighted by Gasteiger charge is 2.37. The fourth-order valence-corrected chi connectivity index (χ4v) is 6.89. The van der Waals surface area contributed by atoms with E-state index in [4.69, 9.17) is 5.73 Å². The van der Waals surface area contributed by atoms with Gasteiger partial charge in [0.25, 0.3) is 11.8 Å². The SMILES string of the molecule is CC(C)(C)[C@H](c1cc(-c2cc(F)ccc2F)cn1Cc1ccccc1)N(CCC(N)CF)C(=O)CSCCC(=O)NCCNC(=O)CN1C(=O)C=CC1=O. The Morgan fingerprint density at radius 1 is 0.944 bits per heavy atom. The Morgan fingerprint density at radius 3 is 2.26 bits per heavy atom. The molecule has 1 aliphatic rings. The highest BCUT2D eigenvalue weighted by molar-refractivity contribution is 7.99. The lowest BCUT2D eigenvalue weighted by atomic mass is 9.82. The number of nitrogens with one attached hydrogen (secondary N) is 2. The van der Waals surface area contributed by atoms with E-state index >= 15 is 4.39 Å². The zero-order valence-electron chi connectivity index (χ0n) is 30.7. The smallest absolute Gasteiger partial charge is 0.254 e. The van der Waals surface area contributed by atoms with Crippen LogP contribution in [0.2, 0.25) is 0 Å². The molecular formula is C39H47F3N6O5S. The number of rotatable bonds is 19. The van der Waals surface area contributed by atoms with Crippen LogP contribution in [0.25, 0.3) is 11.1 Å². The van der Waals surface area contributed by atoms with Gasteiger partial charge in [0.05, 0.1) is 11.8 Å². The maximum atomic E-state index is 15.1. The van der Waals surface area contributed by atoms with Gasteiger partial charge in [0.2, 0.25) is 17.7 Å². The zero-order chi connectivity index (χ0) is 39.4. The minimum atomic E-state index is -0.794. The molecule has 4 N–H and O–H groups in total. The second-order valence-electron chi connectivity index (χ2n) is 14.0. The van der Waals surface area contributed by atoms with Crippen LogP contribution in [0.3, 0.4) is 0 Å². The molecule has 2 atom stereocenters. The van der Waals surface area contributed by atoms with E-state index < -0.39 is 60.1 Å². The molecule has 15 heteroatoms. The lowest BCUT2D eigenvalue weighted by Crippen LogP contribution is -2.45. The summed E-state index contributed by atoms with van der Waals surface area (Å²) >= 11 is 1.26. The number of amides is 5. The Balaban J connectivity index is 1.45. The number of carbonyl (C=O) groups excluding carboxylic acids is 5. The third kappa shape index (κ3) is 11.8. The monoisotopic (exact) mass is 768 g/mol. The molecule has 4 rings (SSSR count). The quantitative estimate of drug-likeness (QED) is 0.121. The van der Waals surface area contributed by atoms with Gasteiger partial charge < -0.3 is 25.8 Å². The van der Waals surface area contributed by atoms with E-state index in [9.17, 15) is 32.8 Å². The van der Waals surface area contributed by atoms with Gasteiger partial charge in [-0.2, -0.15) is 11.8 Å². The first-order chi connectivity index (χ1) is 25.7. The number of nitrogens with zero attached hydrogens (tertiary/aromatic N) is 3. The number of hydrogen-bond donors (Lipinski definition) is 3. The number of nitrogens with two attached hydrogens (primary N) is 1. The Kier molecular flexibility index (Phi) is 15.1. The maximum Gasteiger partial charge on any atom is 0.254 e. The van der Waals surface area contributed by atoms with Crippen molar-refractivity contribution in [3.05, 3.63) is 95.8 Å². The summed E-state index contributed by atoms with van der Waals surface area (Å²) in [6, 6.07) is 13.2. The van der Waals surface area contributed by atoms with E-state index in [0.717, 1.165) is 40.8 Å². The van der Waals surface area contributed by atoms with Gasteiger partial charge in [-0.25, -0.2) is 13.2 Å². The minimum absolute atomic E-state index is 0.00829. The summed E-state index contributed by atoms with van der Waals surface area (Å²) in [5.74, 6) is -3.10. The molecule has 0 radical (unpaired) electrons. The van der Waals surface area contributed by atoms with Crippen molar-refractivity contribution in [3.8, 4) is 11.1 Å². The van der Waals surface area contributed by atoms with Gasteiger partial charge in [-0.1, -0.05) is 51.1 Å². The van der Waals surface area contributed by atoms with Crippen LogP contribution >= 0.6 is 11.8 Å². The molecule has 11 nitrogen and oxygen atoms in total. The molecule has 54 heavy (non-hydrogen) atoms. The molecule has 0 aliphatic carbocycles. The van der Waals surface area contributed by atoms with Crippen molar-refractivity contribution in [2.75, 3.05) is 44.4 Å². The molecule has 290 valence electrons. The first-order valence-electron chi connectivity index (χ1n) is 17.6. The van der Waals surface area contributed by atoms with Crippen molar-refractivity contribution in [3.63, 3.8) is 0 Å². The van der Waals surface area contributed by atoms with E-state index in [2.05, 4.69) is 10.6 Å². The van der Waals surface area contributed by atoms with Crippen LogP contribution in [0.1, 0.15) is 50.9 Å². The average Bonchev–Trinajstić information content (AvgIpc) is 3.68. The van der Waals surface area contributed by atoms with Gasteiger partial charge in [0.1, 0.15) is 24.9 Å². The van der Waals surface area contributed by atoms with E-state index in [1.165, 1.54) is 11.8 Å². The molecule has 0 bridgehead atoms. The molecule has 0 saturated carbocycles. The second-order valence-corrected chi connectivity index (χ2v) is 15.2. The van der Waals surface area contributed by atoms with Crippen LogP contribution in [-0.2, 0) is 30.5 Å². The Morgan fingerprint density at radius 2 is 1.61 bits per heavy atom. The number of benzene rings is 2. The van der Waals surface area contributed by atoms with Crippen LogP contribution in [0.15, 0.2) is 72.9 Å². The van der Waals surface area contributed by atoms with Crippen molar-refractivity contribution in [1.82, 2.24) is 25.0 Å². The molecule has 1 aromatic heterocycles. The lowest BCUT2D eigenvalue weighted by molar-refractivity contribution is -0.141. The van der Waals surface area contributed by atoms with E-state index in [0.29, 0.717) is 23.6 Å². The van der Waals surface area contributed by atoms with Crippen molar-refractivity contribution in [2.24, 2.45) is 11.1 Å². The molecular weight excluding hydrogens is 722 g/mol. The number of alkyl halides is 1. The van der Waals surface area contributed by atoms with Crippen LogP contribution in [0, 0.1) is 17.0 Å². The van der Waals surface area contributed by atoms with Gasteiger partial charge in [0, 0.05) is 79.6 Å². The largest absolute Gasteiger partial charge is 0.354 e. The van der Waals surface area contributed by atoms with Gasteiger partial charge in [-0.3, -0.25) is 28.9 Å². The number of hydrogen-bond acceptors (Lipinski definition) is 7. The standard InChI is InChI=1S/C39H47F3N6O5S/c1-39(2,3)38(32-19-27(30-20-28(41)9-10-31(30)42)23-46(32)22-26-7-5-4-6-8-26)47(17-13-29(43)21-40)37(53)25-54-18-14-33(49)44-15-16-45-34(50)24-48-35(51)11-12-36(48)52/h4-12,19-20,23,29,38H,13-18,21-22,24-25,43H2,1-3H3,(H,44,49)(H,45,50)/t29?,38-/m0/s1. The van der Waals surface area contributed by atoms with Crippen molar-refractivity contribution >= 4 is 41.3 Å². The fraction of sp³-hybridized carbons (Fsp3) is 0.410. The topological polar surface area (TPSA) is 147 Å². The van der Waals surface area contributed by atoms with Crippen LogP contribution in [0.5, 0.6) is 0 Å². The van der Waals surface area contributed by atoms with Crippen molar-refractivity contribution in [2.45, 2.75) is 52.2 Å². The molecule has 1 unspecified atom stereocenters. The molecule has 0 saturated heterocycles. The molecule has 0 fully saturated rings. The lowest BCUT2D eigenvalue weighted by Gasteiger charge is -2.41. The fourth-order valence-electron chi connectivity index (χ4n) is 6.08. The predicted molar refractivity (Wildman–Crippen MR) is 202 cm³/mol. The zero-order valence-corrected chi connectivity index (χ0v) is 31.5. The maximum absolute atomic E-state index is 15.1. The predicted octanol–water partition coefficient (Wildman–Crippen LogP) is 4.37. The number of carbonyl (C=O) groups is 5. The summed E-state index contributed by atoms with van der Waals surface area (Å²) in [6.07, 6.45) is 4.20.